The molecular weight excluding hydrogens is 407 g/mol. The smallest absolute Gasteiger partial charge is 0.433 e. The zero-order valence-electron chi connectivity index (χ0n) is 16.1. The lowest BCUT2D eigenvalue weighted by molar-refractivity contribution is -0.141. The van der Waals surface area contributed by atoms with E-state index in [1.165, 1.54) is 39.5 Å². The molecule has 0 amide bonds. The molecule has 0 saturated carbocycles. The summed E-state index contributed by atoms with van der Waals surface area (Å²) in [6, 6.07) is 5.99. The first kappa shape index (κ1) is 21.1. The van der Waals surface area contributed by atoms with Crippen LogP contribution >= 0.6 is 0 Å². The van der Waals surface area contributed by atoms with Crippen molar-refractivity contribution in [3.63, 3.8) is 0 Å². The Balaban J connectivity index is 2.11. The fourth-order valence-electron chi connectivity index (χ4n) is 2.93. The highest BCUT2D eigenvalue weighted by Crippen LogP contribution is 2.28. The highest BCUT2D eigenvalue weighted by molar-refractivity contribution is 5.98. The van der Waals surface area contributed by atoms with Gasteiger partial charge in [0, 0.05) is 13.1 Å². The Morgan fingerprint density at radius 2 is 1.80 bits per heavy atom. The van der Waals surface area contributed by atoms with E-state index in [1.54, 1.807) is 0 Å². The number of hydrogen-bond acceptors (Lipinski definition) is 6. The lowest BCUT2D eigenvalue weighted by Crippen LogP contribution is -2.41. The molecule has 30 heavy (non-hydrogen) atoms. The molecule has 0 atom stereocenters. The molecule has 11 heteroatoms. The van der Waals surface area contributed by atoms with Crippen LogP contribution in [0.15, 0.2) is 39.9 Å². The topological polar surface area (TPSA) is 92.4 Å². The van der Waals surface area contributed by atoms with Gasteiger partial charge in [0.2, 0.25) is 0 Å². The third-order valence-corrected chi connectivity index (χ3v) is 4.49. The summed E-state index contributed by atoms with van der Waals surface area (Å²) in [5.41, 5.74) is -3.44. The molecule has 0 bridgehead atoms. The van der Waals surface area contributed by atoms with E-state index < -0.39 is 41.1 Å². The second kappa shape index (κ2) is 7.65. The van der Waals surface area contributed by atoms with E-state index in [0.717, 1.165) is 10.6 Å². The van der Waals surface area contributed by atoms with Crippen molar-refractivity contribution in [1.29, 1.82) is 0 Å². The number of pyridine rings is 1. The van der Waals surface area contributed by atoms with Gasteiger partial charge in [-0.05, 0) is 24.3 Å². The normalized spacial score (nSPS) is 11.5. The van der Waals surface area contributed by atoms with Crippen molar-refractivity contribution < 1.29 is 27.4 Å². The zero-order valence-corrected chi connectivity index (χ0v) is 16.1. The Bertz CT molecular complexity index is 1260. The summed E-state index contributed by atoms with van der Waals surface area (Å²) >= 11 is 0. The second-order valence-electron chi connectivity index (χ2n) is 6.29. The van der Waals surface area contributed by atoms with Crippen molar-refractivity contribution in [3.05, 3.63) is 62.4 Å². The lowest BCUT2D eigenvalue weighted by atomic mass is 10.1. The van der Waals surface area contributed by atoms with Crippen LogP contribution < -0.4 is 20.7 Å². The van der Waals surface area contributed by atoms with Crippen LogP contribution in [0.1, 0.15) is 16.1 Å². The molecule has 0 aliphatic carbocycles. The van der Waals surface area contributed by atoms with Crippen LogP contribution in [0.3, 0.4) is 0 Å². The molecule has 0 spiro atoms. The number of methoxy groups -OCH3 is 2. The van der Waals surface area contributed by atoms with Gasteiger partial charge < -0.3 is 9.47 Å². The van der Waals surface area contributed by atoms with Gasteiger partial charge in [0.15, 0.2) is 5.78 Å². The number of rotatable bonds is 5. The maximum absolute atomic E-state index is 12.9. The lowest BCUT2D eigenvalue weighted by Gasteiger charge is -2.13. The third-order valence-electron chi connectivity index (χ3n) is 4.49. The van der Waals surface area contributed by atoms with Crippen molar-refractivity contribution in [2.45, 2.75) is 12.7 Å². The molecule has 2 heterocycles. The maximum Gasteiger partial charge on any atom is 0.433 e. The molecule has 2 aromatic heterocycles. The number of aromatic nitrogens is 3. The predicted molar refractivity (Wildman–Crippen MR) is 100 cm³/mol. The van der Waals surface area contributed by atoms with Gasteiger partial charge >= 0.3 is 11.9 Å². The van der Waals surface area contributed by atoms with E-state index in [1.807, 2.05) is 0 Å². The number of carbonyl (C=O) groups excluding carboxylic acids is 1. The van der Waals surface area contributed by atoms with Crippen molar-refractivity contribution in [2.75, 3.05) is 14.2 Å². The van der Waals surface area contributed by atoms with Crippen molar-refractivity contribution in [2.24, 2.45) is 7.05 Å². The first-order chi connectivity index (χ1) is 14.1. The number of carbonyl (C=O) groups is 1. The van der Waals surface area contributed by atoms with E-state index in [-0.39, 0.29) is 16.7 Å². The number of fused-ring (bicyclic) bond motifs is 1. The summed E-state index contributed by atoms with van der Waals surface area (Å²) < 4.78 is 50.4. The van der Waals surface area contributed by atoms with Crippen LogP contribution in [0.5, 0.6) is 11.5 Å². The summed E-state index contributed by atoms with van der Waals surface area (Å²) in [4.78, 5) is 41.4. The molecule has 0 radical (unpaired) electrons. The number of ketones is 1. The average molecular weight is 423 g/mol. The molecule has 3 aromatic rings. The first-order valence-electron chi connectivity index (χ1n) is 8.51. The minimum atomic E-state index is -4.74. The monoisotopic (exact) mass is 423 g/mol. The van der Waals surface area contributed by atoms with Crippen LogP contribution in [0.25, 0.3) is 11.0 Å². The quantitative estimate of drug-likeness (QED) is 0.583. The fraction of sp³-hybridized carbons (Fsp3) is 0.263. The number of halogens is 3. The molecule has 0 fully saturated rings. The van der Waals surface area contributed by atoms with Gasteiger partial charge in [-0.3, -0.25) is 18.7 Å². The Kier molecular flexibility index (Phi) is 5.38. The van der Waals surface area contributed by atoms with E-state index in [9.17, 15) is 27.6 Å². The largest absolute Gasteiger partial charge is 0.497 e. The number of aryl methyl sites for hydroxylation is 1. The standard InChI is InChI=1S/C19H16F3N3O5/c1-24-16-12(6-7-15(23-16)19(20,21)22)17(27)25(18(24)28)9-13(26)11-5-4-10(29-2)8-14(11)30-3/h4-8H,9H2,1-3H3. The number of Topliss-reactive ketones (excluding diaryl/α,β-unsaturated/α-hetero) is 1. The van der Waals surface area contributed by atoms with E-state index in [4.69, 9.17) is 9.47 Å². The van der Waals surface area contributed by atoms with Gasteiger partial charge in [0.05, 0.1) is 31.7 Å². The molecule has 0 aliphatic heterocycles. The molecule has 0 unspecified atom stereocenters. The van der Waals surface area contributed by atoms with Gasteiger partial charge in [0.1, 0.15) is 22.8 Å². The Labute approximate surface area is 167 Å². The molecule has 8 nitrogen and oxygen atoms in total. The predicted octanol–water partition coefficient (Wildman–Crippen LogP) is 2.01. The molecule has 0 N–H and O–H groups in total. The third kappa shape index (κ3) is 3.65. The Morgan fingerprint density at radius 3 is 2.40 bits per heavy atom. The van der Waals surface area contributed by atoms with Crippen molar-refractivity contribution >= 4 is 16.8 Å². The van der Waals surface area contributed by atoms with Crippen LogP contribution in [-0.2, 0) is 19.8 Å². The average Bonchev–Trinajstić information content (AvgIpc) is 2.73. The SMILES string of the molecule is COc1ccc(C(=O)Cn2c(=O)c3ccc(C(F)(F)F)nc3n(C)c2=O)c(OC)c1. The molecule has 3 rings (SSSR count). The Morgan fingerprint density at radius 1 is 1.10 bits per heavy atom. The molecule has 0 aliphatic rings. The Hall–Kier alpha value is -3.63. The first-order valence-corrected chi connectivity index (χ1v) is 8.51. The number of benzene rings is 1. The number of ether oxygens (including phenoxy) is 2. The van der Waals surface area contributed by atoms with Gasteiger partial charge in [-0.2, -0.15) is 13.2 Å². The van der Waals surface area contributed by atoms with Crippen molar-refractivity contribution in [3.8, 4) is 11.5 Å². The molecule has 0 saturated heterocycles. The highest BCUT2D eigenvalue weighted by atomic mass is 19.4. The molecular formula is C19H16F3N3O5. The number of alkyl halides is 3. The van der Waals surface area contributed by atoms with Gasteiger partial charge in [-0.1, -0.05) is 0 Å². The van der Waals surface area contributed by atoms with Gasteiger partial charge in [0.25, 0.3) is 5.56 Å². The number of hydrogen-bond donors (Lipinski definition) is 0. The highest BCUT2D eigenvalue weighted by Gasteiger charge is 2.33. The zero-order chi connectivity index (χ0) is 22.2. The summed E-state index contributed by atoms with van der Waals surface area (Å²) in [7, 11) is 3.95. The van der Waals surface area contributed by atoms with E-state index in [0.29, 0.717) is 16.4 Å². The fourth-order valence-corrected chi connectivity index (χ4v) is 2.93. The summed E-state index contributed by atoms with van der Waals surface area (Å²) in [6.07, 6.45) is -4.74. The summed E-state index contributed by atoms with van der Waals surface area (Å²) in [5, 5.41) is -0.223. The molecule has 158 valence electrons. The van der Waals surface area contributed by atoms with Crippen LogP contribution in [0, 0.1) is 0 Å². The van der Waals surface area contributed by atoms with Crippen molar-refractivity contribution in [1.82, 2.24) is 14.1 Å². The van der Waals surface area contributed by atoms with Gasteiger partial charge in [-0.25, -0.2) is 9.78 Å². The van der Waals surface area contributed by atoms with Crippen LogP contribution in [0.4, 0.5) is 13.2 Å². The minimum Gasteiger partial charge on any atom is -0.497 e. The van der Waals surface area contributed by atoms with E-state index >= 15 is 0 Å². The second-order valence-corrected chi connectivity index (χ2v) is 6.29. The van der Waals surface area contributed by atoms with E-state index in [2.05, 4.69) is 4.98 Å². The molecule has 1 aromatic carbocycles. The summed E-state index contributed by atoms with van der Waals surface area (Å²) in [5.74, 6) is 0.0168. The maximum atomic E-state index is 12.9. The summed E-state index contributed by atoms with van der Waals surface area (Å²) in [6.45, 7) is -0.634. The number of nitrogens with zero attached hydrogens (tertiary/aromatic N) is 3. The van der Waals surface area contributed by atoms with Crippen LogP contribution in [-0.4, -0.2) is 34.1 Å². The van der Waals surface area contributed by atoms with Crippen LogP contribution in [0.2, 0.25) is 0 Å². The van der Waals surface area contributed by atoms with Gasteiger partial charge in [-0.15, -0.1) is 0 Å². The minimum absolute atomic E-state index is 0.109.